The summed E-state index contributed by atoms with van der Waals surface area (Å²) < 4.78 is 27.7. The minimum absolute atomic E-state index is 0.108. The number of nitrogens with two attached hydrogens (primary N) is 1. The van der Waals surface area contributed by atoms with Crippen molar-refractivity contribution in [2.75, 3.05) is 51.3 Å². The summed E-state index contributed by atoms with van der Waals surface area (Å²) >= 11 is 0. The highest BCUT2D eigenvalue weighted by molar-refractivity contribution is 7.89. The van der Waals surface area contributed by atoms with Crippen LogP contribution in [0.15, 0.2) is 23.1 Å². The number of hydrogen-bond acceptors (Lipinski definition) is 7. The van der Waals surface area contributed by atoms with Crippen LogP contribution in [0.1, 0.15) is 10.4 Å². The molecule has 0 spiro atoms. The van der Waals surface area contributed by atoms with Crippen molar-refractivity contribution in [3.63, 3.8) is 0 Å². The Morgan fingerprint density at radius 3 is 2.48 bits per heavy atom. The van der Waals surface area contributed by atoms with Crippen LogP contribution in [0.4, 0.5) is 5.69 Å². The maximum atomic E-state index is 12.0. The van der Waals surface area contributed by atoms with Crippen LogP contribution in [0.3, 0.4) is 0 Å². The van der Waals surface area contributed by atoms with Gasteiger partial charge >= 0.3 is 5.97 Å². The Bertz CT molecular complexity index is 669. The zero-order chi connectivity index (χ0) is 17.0. The molecule has 0 atom stereocenters. The van der Waals surface area contributed by atoms with Crippen molar-refractivity contribution in [2.24, 2.45) is 5.14 Å². The van der Waals surface area contributed by atoms with Crippen LogP contribution in [0, 0.1) is 0 Å². The van der Waals surface area contributed by atoms with Gasteiger partial charge in [-0.05, 0) is 18.2 Å². The zero-order valence-corrected chi connectivity index (χ0v) is 13.8. The number of nitrogens with zero attached hydrogens (tertiary/aromatic N) is 2. The second-order valence-corrected chi connectivity index (χ2v) is 6.83. The minimum atomic E-state index is -3.89. The zero-order valence-electron chi connectivity index (χ0n) is 12.9. The van der Waals surface area contributed by atoms with E-state index in [0.717, 1.165) is 13.1 Å². The third-order valence-corrected chi connectivity index (χ3v) is 4.74. The van der Waals surface area contributed by atoms with Gasteiger partial charge in [0, 0.05) is 32.7 Å². The second kappa shape index (κ2) is 7.26. The SMILES string of the molecule is COC(=O)c1cc(S(N)(=O)=O)ccc1N1CCN(CCO)CC1. The first-order chi connectivity index (χ1) is 10.9. The van der Waals surface area contributed by atoms with Gasteiger partial charge in [0.2, 0.25) is 10.0 Å². The Morgan fingerprint density at radius 1 is 1.30 bits per heavy atom. The lowest BCUT2D eigenvalue weighted by Gasteiger charge is -2.36. The van der Waals surface area contributed by atoms with E-state index >= 15 is 0 Å². The maximum absolute atomic E-state index is 12.0. The van der Waals surface area contributed by atoms with Crippen molar-refractivity contribution in [3.8, 4) is 0 Å². The van der Waals surface area contributed by atoms with E-state index in [1.54, 1.807) is 6.07 Å². The molecule has 1 aromatic carbocycles. The van der Waals surface area contributed by atoms with Gasteiger partial charge in [-0.25, -0.2) is 18.4 Å². The van der Waals surface area contributed by atoms with E-state index in [-0.39, 0.29) is 17.1 Å². The van der Waals surface area contributed by atoms with Gasteiger partial charge in [0.1, 0.15) is 0 Å². The van der Waals surface area contributed by atoms with Gasteiger partial charge in [-0.3, -0.25) is 4.90 Å². The number of anilines is 1. The number of primary sulfonamides is 1. The summed E-state index contributed by atoms with van der Waals surface area (Å²) in [5.74, 6) is -0.608. The lowest BCUT2D eigenvalue weighted by molar-refractivity contribution is 0.0601. The largest absolute Gasteiger partial charge is 0.465 e. The third kappa shape index (κ3) is 4.20. The molecular formula is C14H21N3O5S. The van der Waals surface area contributed by atoms with E-state index in [4.69, 9.17) is 15.0 Å². The van der Waals surface area contributed by atoms with Crippen molar-refractivity contribution in [3.05, 3.63) is 23.8 Å². The van der Waals surface area contributed by atoms with Crippen molar-refractivity contribution in [1.29, 1.82) is 0 Å². The van der Waals surface area contributed by atoms with Crippen molar-refractivity contribution < 1.29 is 23.1 Å². The first kappa shape index (κ1) is 17.7. The predicted molar refractivity (Wildman–Crippen MR) is 84.9 cm³/mol. The molecule has 8 nitrogen and oxygen atoms in total. The number of β-amino-alcohol motifs (C(OH)–C–C–N with tert-alkyl or cyclic N) is 1. The lowest BCUT2D eigenvalue weighted by Crippen LogP contribution is -2.47. The van der Waals surface area contributed by atoms with Crippen LogP contribution in [0.2, 0.25) is 0 Å². The topological polar surface area (TPSA) is 113 Å². The molecule has 0 bridgehead atoms. The predicted octanol–water partition coefficient (Wildman–Crippen LogP) is -0.765. The molecule has 1 aliphatic heterocycles. The molecule has 1 heterocycles. The molecule has 2 rings (SSSR count). The van der Waals surface area contributed by atoms with Crippen molar-refractivity contribution in [2.45, 2.75) is 4.90 Å². The van der Waals surface area contributed by atoms with Crippen LogP contribution in [0.5, 0.6) is 0 Å². The highest BCUT2D eigenvalue weighted by Gasteiger charge is 2.23. The van der Waals surface area contributed by atoms with Crippen LogP contribution in [-0.2, 0) is 14.8 Å². The summed E-state index contributed by atoms with van der Waals surface area (Å²) in [4.78, 5) is 16.0. The van der Waals surface area contributed by atoms with E-state index in [9.17, 15) is 13.2 Å². The summed E-state index contributed by atoms with van der Waals surface area (Å²) in [6.45, 7) is 3.55. The van der Waals surface area contributed by atoms with E-state index in [1.165, 1.54) is 19.2 Å². The van der Waals surface area contributed by atoms with Gasteiger partial charge in [0.25, 0.3) is 0 Å². The Hall–Kier alpha value is -1.68. The Kier molecular flexibility index (Phi) is 5.58. The number of sulfonamides is 1. The molecule has 3 N–H and O–H groups in total. The summed E-state index contributed by atoms with van der Waals surface area (Å²) in [6.07, 6.45) is 0. The summed E-state index contributed by atoms with van der Waals surface area (Å²) in [5.41, 5.74) is 0.794. The number of rotatable bonds is 5. The molecule has 0 aromatic heterocycles. The second-order valence-electron chi connectivity index (χ2n) is 5.27. The van der Waals surface area contributed by atoms with Gasteiger partial charge in [0.05, 0.1) is 29.9 Å². The third-order valence-electron chi connectivity index (χ3n) is 3.83. The molecule has 0 aliphatic carbocycles. The van der Waals surface area contributed by atoms with Gasteiger partial charge in [-0.15, -0.1) is 0 Å². The normalized spacial score (nSPS) is 16.4. The number of aliphatic hydroxyl groups is 1. The van der Waals surface area contributed by atoms with Crippen LogP contribution >= 0.6 is 0 Å². The molecule has 23 heavy (non-hydrogen) atoms. The number of hydrogen-bond donors (Lipinski definition) is 2. The van der Waals surface area contributed by atoms with E-state index < -0.39 is 16.0 Å². The minimum Gasteiger partial charge on any atom is -0.465 e. The molecule has 0 radical (unpaired) electrons. The number of benzene rings is 1. The standard InChI is InChI=1S/C14H21N3O5S/c1-22-14(19)12-10-11(23(15,20)21)2-3-13(12)17-6-4-16(5-7-17)8-9-18/h2-3,10,18H,4-9H2,1H3,(H2,15,20,21). The first-order valence-corrected chi connectivity index (χ1v) is 8.74. The molecule has 128 valence electrons. The van der Waals surface area contributed by atoms with E-state index in [0.29, 0.717) is 25.3 Å². The number of piperazine rings is 1. The molecule has 0 saturated carbocycles. The summed E-state index contributed by atoms with van der Waals surface area (Å²) in [7, 11) is -2.65. The summed E-state index contributed by atoms with van der Waals surface area (Å²) in [5, 5.41) is 14.1. The maximum Gasteiger partial charge on any atom is 0.340 e. The molecule has 1 aliphatic rings. The van der Waals surface area contributed by atoms with E-state index in [1.807, 2.05) is 4.90 Å². The lowest BCUT2D eigenvalue weighted by atomic mass is 10.1. The van der Waals surface area contributed by atoms with Crippen molar-refractivity contribution in [1.82, 2.24) is 4.90 Å². The molecule has 1 fully saturated rings. The van der Waals surface area contributed by atoms with Crippen LogP contribution in [-0.4, -0.2) is 70.8 Å². The molecule has 1 saturated heterocycles. The molecule has 0 unspecified atom stereocenters. The quantitative estimate of drug-likeness (QED) is 0.675. The fourth-order valence-electron chi connectivity index (χ4n) is 2.60. The smallest absolute Gasteiger partial charge is 0.340 e. The molecule has 1 aromatic rings. The Balaban J connectivity index is 2.30. The molecule has 0 amide bonds. The number of aliphatic hydroxyl groups excluding tert-OH is 1. The number of carbonyl (C=O) groups is 1. The first-order valence-electron chi connectivity index (χ1n) is 7.20. The Labute approximate surface area is 135 Å². The van der Waals surface area contributed by atoms with Gasteiger partial charge in [-0.1, -0.05) is 0 Å². The van der Waals surface area contributed by atoms with Crippen LogP contribution < -0.4 is 10.0 Å². The number of methoxy groups -OCH3 is 1. The highest BCUT2D eigenvalue weighted by Crippen LogP contribution is 2.25. The average Bonchev–Trinajstić information content (AvgIpc) is 2.54. The number of carbonyl (C=O) groups excluding carboxylic acids is 1. The van der Waals surface area contributed by atoms with E-state index in [2.05, 4.69) is 4.90 Å². The molecule has 9 heteroatoms. The fraction of sp³-hybridized carbons (Fsp3) is 0.500. The van der Waals surface area contributed by atoms with Crippen LogP contribution in [0.25, 0.3) is 0 Å². The van der Waals surface area contributed by atoms with Gasteiger partial charge < -0.3 is 14.7 Å². The fourth-order valence-corrected chi connectivity index (χ4v) is 3.13. The monoisotopic (exact) mass is 343 g/mol. The number of esters is 1. The van der Waals surface area contributed by atoms with Crippen molar-refractivity contribution >= 4 is 21.7 Å². The van der Waals surface area contributed by atoms with Gasteiger partial charge in [0.15, 0.2) is 0 Å². The highest BCUT2D eigenvalue weighted by atomic mass is 32.2. The average molecular weight is 343 g/mol. The number of ether oxygens (including phenoxy) is 1. The summed E-state index contributed by atoms with van der Waals surface area (Å²) in [6, 6.07) is 4.21. The van der Waals surface area contributed by atoms with Gasteiger partial charge in [-0.2, -0.15) is 0 Å². The molecular weight excluding hydrogens is 322 g/mol. The Morgan fingerprint density at radius 2 is 1.96 bits per heavy atom.